The van der Waals surface area contributed by atoms with Crippen LogP contribution in [-0.4, -0.2) is 53.8 Å². The third-order valence-electron chi connectivity index (χ3n) is 4.94. The van der Waals surface area contributed by atoms with Crippen molar-refractivity contribution < 1.29 is 8.42 Å². The van der Waals surface area contributed by atoms with Crippen LogP contribution in [0.5, 0.6) is 0 Å². The van der Waals surface area contributed by atoms with Crippen LogP contribution in [0.15, 0.2) is 29.2 Å². The van der Waals surface area contributed by atoms with E-state index in [-0.39, 0.29) is 0 Å². The van der Waals surface area contributed by atoms with Crippen LogP contribution in [0.3, 0.4) is 0 Å². The van der Waals surface area contributed by atoms with Crippen LogP contribution >= 0.6 is 0 Å². The average molecular weight is 375 g/mol. The molecule has 26 heavy (non-hydrogen) atoms. The van der Waals surface area contributed by atoms with E-state index in [2.05, 4.69) is 14.9 Å². The van der Waals surface area contributed by atoms with Gasteiger partial charge < -0.3 is 0 Å². The van der Waals surface area contributed by atoms with E-state index in [0.717, 1.165) is 28.3 Å². The Morgan fingerprint density at radius 1 is 0.846 bits per heavy atom. The molecule has 0 N–H and O–H groups in total. The number of aromatic nitrogens is 2. The third-order valence-corrected chi connectivity index (χ3v) is 6.86. The number of benzene rings is 1. The van der Waals surface area contributed by atoms with Gasteiger partial charge in [-0.3, -0.25) is 14.9 Å². The highest BCUT2D eigenvalue weighted by atomic mass is 32.2. The van der Waals surface area contributed by atoms with Crippen molar-refractivity contribution in [2.24, 2.45) is 0 Å². The zero-order valence-electron chi connectivity index (χ0n) is 15.9. The lowest BCUT2D eigenvalue weighted by molar-refractivity contribution is 0.179. The Bertz CT molecular complexity index is 887. The molecule has 0 atom stereocenters. The van der Waals surface area contributed by atoms with Crippen molar-refractivity contribution in [1.82, 2.24) is 19.2 Å². The number of hydrogen-bond acceptors (Lipinski definition) is 5. The van der Waals surface area contributed by atoms with Gasteiger partial charge in [-0.15, -0.1) is 0 Å². The summed E-state index contributed by atoms with van der Waals surface area (Å²) < 4.78 is 27.1. The van der Waals surface area contributed by atoms with Gasteiger partial charge in [-0.1, -0.05) is 17.7 Å². The lowest BCUT2D eigenvalue weighted by Crippen LogP contribution is -2.48. The molecule has 0 aliphatic carbocycles. The van der Waals surface area contributed by atoms with Gasteiger partial charge in [0.25, 0.3) is 0 Å². The Labute approximate surface area is 155 Å². The molecule has 0 bridgehead atoms. The average Bonchev–Trinajstić information content (AvgIpc) is 2.60. The number of rotatable bonds is 4. The summed E-state index contributed by atoms with van der Waals surface area (Å²) in [4.78, 5) is 11.8. The van der Waals surface area contributed by atoms with Crippen molar-refractivity contribution in [3.63, 3.8) is 0 Å². The highest BCUT2D eigenvalue weighted by molar-refractivity contribution is 7.89. The second-order valence-electron chi connectivity index (χ2n) is 6.92. The normalized spacial score (nSPS) is 16.8. The zero-order chi connectivity index (χ0) is 18.9. The fourth-order valence-corrected chi connectivity index (χ4v) is 4.53. The van der Waals surface area contributed by atoms with Gasteiger partial charge in [-0.05, 0) is 39.8 Å². The molecule has 1 aromatic carbocycles. The first-order valence-electron chi connectivity index (χ1n) is 8.87. The number of aryl methyl sites for hydroxylation is 4. The first-order chi connectivity index (χ1) is 12.3. The molecule has 0 unspecified atom stereocenters. The van der Waals surface area contributed by atoms with Crippen molar-refractivity contribution in [1.29, 1.82) is 0 Å². The maximum Gasteiger partial charge on any atom is 0.243 e. The quantitative estimate of drug-likeness (QED) is 0.821. The molecule has 3 rings (SSSR count). The molecule has 7 heteroatoms. The van der Waals surface area contributed by atoms with Crippen LogP contribution in [0.25, 0.3) is 0 Å². The number of sulfonamides is 1. The molecule has 140 valence electrons. The molecule has 0 saturated carbocycles. The van der Waals surface area contributed by atoms with Crippen LogP contribution < -0.4 is 0 Å². The lowest BCUT2D eigenvalue weighted by Gasteiger charge is -2.34. The van der Waals surface area contributed by atoms with E-state index >= 15 is 0 Å². The molecule has 1 aliphatic heterocycles. The van der Waals surface area contributed by atoms with Crippen molar-refractivity contribution in [3.05, 3.63) is 52.6 Å². The second-order valence-corrected chi connectivity index (χ2v) is 8.86. The molecule has 0 radical (unpaired) electrons. The summed E-state index contributed by atoms with van der Waals surface area (Å²) in [5.41, 5.74) is 4.89. The molecule has 2 heterocycles. The number of nitrogens with zero attached hydrogens (tertiary/aromatic N) is 4. The van der Waals surface area contributed by atoms with Gasteiger partial charge in [-0.2, -0.15) is 4.31 Å². The van der Waals surface area contributed by atoms with Crippen molar-refractivity contribution >= 4 is 10.0 Å². The van der Waals surface area contributed by atoms with Gasteiger partial charge in [0, 0.05) is 32.7 Å². The summed E-state index contributed by atoms with van der Waals surface area (Å²) in [5, 5.41) is 0. The van der Waals surface area contributed by atoms with Crippen LogP contribution in [0.4, 0.5) is 0 Å². The van der Waals surface area contributed by atoms with Gasteiger partial charge in [0.1, 0.15) is 0 Å². The summed E-state index contributed by atoms with van der Waals surface area (Å²) in [6.45, 7) is 10.9. The second kappa shape index (κ2) is 7.42. The molecule has 1 aliphatic rings. The maximum atomic E-state index is 12.8. The Balaban J connectivity index is 1.66. The van der Waals surface area contributed by atoms with E-state index in [1.165, 1.54) is 0 Å². The predicted octanol–water partition coefficient (Wildman–Crippen LogP) is 2.22. The van der Waals surface area contributed by atoms with Gasteiger partial charge in [0.2, 0.25) is 10.0 Å². The molecular weight excluding hydrogens is 348 g/mol. The van der Waals surface area contributed by atoms with E-state index in [4.69, 9.17) is 0 Å². The molecule has 2 aromatic rings. The Morgan fingerprint density at radius 2 is 1.42 bits per heavy atom. The van der Waals surface area contributed by atoms with E-state index in [1.807, 2.05) is 39.8 Å². The summed E-state index contributed by atoms with van der Waals surface area (Å²) >= 11 is 0. The zero-order valence-corrected chi connectivity index (χ0v) is 16.7. The van der Waals surface area contributed by atoms with E-state index in [0.29, 0.717) is 37.6 Å². The maximum absolute atomic E-state index is 12.8. The van der Waals surface area contributed by atoms with Crippen molar-refractivity contribution in [3.8, 4) is 0 Å². The standard InChI is InChI=1S/C19H26N4O2S/c1-14-5-7-18(8-6-14)26(24,25)23-11-9-22(10-12-23)13-19-17(4)20-15(2)16(3)21-19/h5-8H,9-13H2,1-4H3. The third kappa shape index (κ3) is 3.95. The van der Waals surface area contributed by atoms with Crippen LogP contribution in [-0.2, 0) is 16.6 Å². The molecule has 1 aromatic heterocycles. The fraction of sp³-hybridized carbons (Fsp3) is 0.474. The van der Waals surface area contributed by atoms with E-state index < -0.39 is 10.0 Å². The Kier molecular flexibility index (Phi) is 5.41. The molecule has 0 amide bonds. The van der Waals surface area contributed by atoms with Gasteiger partial charge >= 0.3 is 0 Å². The SMILES string of the molecule is Cc1ccc(S(=O)(=O)N2CCN(Cc3nc(C)c(C)nc3C)CC2)cc1. The first-order valence-corrected chi connectivity index (χ1v) is 10.3. The monoisotopic (exact) mass is 374 g/mol. The highest BCUT2D eigenvalue weighted by Gasteiger charge is 2.28. The van der Waals surface area contributed by atoms with Gasteiger partial charge in [-0.25, -0.2) is 8.42 Å². The van der Waals surface area contributed by atoms with Crippen LogP contribution in [0.1, 0.15) is 28.3 Å². The minimum atomic E-state index is -3.42. The van der Waals surface area contributed by atoms with Crippen LogP contribution in [0.2, 0.25) is 0 Å². The van der Waals surface area contributed by atoms with Crippen molar-refractivity contribution in [2.45, 2.75) is 39.1 Å². The smallest absolute Gasteiger partial charge is 0.243 e. The number of hydrogen-bond donors (Lipinski definition) is 0. The van der Waals surface area contributed by atoms with E-state index in [9.17, 15) is 8.42 Å². The summed E-state index contributed by atoms with van der Waals surface area (Å²) in [7, 11) is -3.42. The van der Waals surface area contributed by atoms with Crippen molar-refractivity contribution in [2.75, 3.05) is 26.2 Å². The summed E-state index contributed by atoms with van der Waals surface area (Å²) in [5.74, 6) is 0. The molecular formula is C19H26N4O2S. The number of piperazine rings is 1. The predicted molar refractivity (Wildman–Crippen MR) is 101 cm³/mol. The summed E-state index contributed by atoms with van der Waals surface area (Å²) in [6.07, 6.45) is 0. The molecule has 6 nitrogen and oxygen atoms in total. The lowest BCUT2D eigenvalue weighted by atomic mass is 10.2. The first kappa shape index (κ1) is 18.9. The Morgan fingerprint density at radius 3 is 2.04 bits per heavy atom. The van der Waals surface area contributed by atoms with E-state index in [1.54, 1.807) is 16.4 Å². The van der Waals surface area contributed by atoms with Gasteiger partial charge in [0.15, 0.2) is 0 Å². The largest absolute Gasteiger partial charge is 0.295 e. The van der Waals surface area contributed by atoms with Crippen LogP contribution in [0, 0.1) is 27.7 Å². The molecule has 1 saturated heterocycles. The minimum absolute atomic E-state index is 0.368. The molecule has 1 fully saturated rings. The van der Waals surface area contributed by atoms with Gasteiger partial charge in [0.05, 0.1) is 27.7 Å². The summed E-state index contributed by atoms with van der Waals surface area (Å²) in [6, 6.07) is 7.05. The Hall–Kier alpha value is -1.83. The minimum Gasteiger partial charge on any atom is -0.295 e. The molecule has 0 spiro atoms. The topological polar surface area (TPSA) is 66.4 Å². The fourth-order valence-electron chi connectivity index (χ4n) is 3.11. The highest BCUT2D eigenvalue weighted by Crippen LogP contribution is 2.19.